The van der Waals surface area contributed by atoms with Crippen molar-refractivity contribution in [2.45, 2.75) is 62.1 Å². The molecule has 2 saturated heterocycles. The molecule has 1 amide bonds. The molecule has 0 bridgehead atoms. The highest BCUT2D eigenvalue weighted by Crippen LogP contribution is 2.63. The number of fused-ring (bicyclic) bond motifs is 3. The number of carbonyl (C=O) groups is 2. The Balaban J connectivity index is 1.55. The molecule has 1 saturated carbocycles. The second-order valence-electron chi connectivity index (χ2n) is 11.2. The Bertz CT molecular complexity index is 1390. The van der Waals surface area contributed by atoms with Crippen LogP contribution in [0.25, 0.3) is 0 Å². The van der Waals surface area contributed by atoms with E-state index in [1.807, 2.05) is 55.1 Å². The van der Waals surface area contributed by atoms with Gasteiger partial charge in [0.1, 0.15) is 0 Å². The van der Waals surface area contributed by atoms with E-state index in [-0.39, 0.29) is 40.8 Å². The van der Waals surface area contributed by atoms with Crippen molar-refractivity contribution in [2.24, 2.45) is 17.8 Å². The predicted molar refractivity (Wildman–Crippen MR) is 141 cm³/mol. The summed E-state index contributed by atoms with van der Waals surface area (Å²) in [7, 11) is -2.44. The first kappa shape index (κ1) is 25.5. The molecular weight excluding hydrogens is 504 g/mol. The number of sulfonamides is 1. The average Bonchev–Trinajstić information content (AvgIpc) is 3.43. The third kappa shape index (κ3) is 3.37. The highest BCUT2D eigenvalue weighted by molar-refractivity contribution is 7.89. The molecule has 0 radical (unpaired) electrons. The molecule has 2 aromatic carbocycles. The number of ether oxygens (including phenoxy) is 2. The zero-order chi connectivity index (χ0) is 27.0. The molecule has 4 aliphatic rings. The lowest BCUT2D eigenvalue weighted by Crippen LogP contribution is -2.66. The minimum atomic E-state index is -3.82. The fourth-order valence-corrected chi connectivity index (χ4v) is 9.75. The van der Waals surface area contributed by atoms with Crippen LogP contribution < -0.4 is 4.90 Å². The molecule has 8 nitrogen and oxygen atoms in total. The van der Waals surface area contributed by atoms with E-state index in [0.29, 0.717) is 26.0 Å². The Morgan fingerprint density at radius 2 is 1.79 bits per heavy atom. The van der Waals surface area contributed by atoms with Crippen molar-refractivity contribution in [3.63, 3.8) is 0 Å². The molecule has 6 rings (SSSR count). The van der Waals surface area contributed by atoms with Gasteiger partial charge in [0.05, 0.1) is 36.7 Å². The smallest absolute Gasteiger partial charge is 0.311 e. The van der Waals surface area contributed by atoms with E-state index in [1.165, 1.54) is 7.11 Å². The molecule has 2 aromatic rings. The molecule has 202 valence electrons. The van der Waals surface area contributed by atoms with Crippen molar-refractivity contribution < 1.29 is 27.5 Å². The van der Waals surface area contributed by atoms with Crippen molar-refractivity contribution >= 4 is 27.6 Å². The first-order valence-corrected chi connectivity index (χ1v) is 14.7. The number of aryl methyl sites for hydroxylation is 1. The maximum atomic E-state index is 14.1. The van der Waals surface area contributed by atoms with Gasteiger partial charge in [-0.3, -0.25) is 9.59 Å². The number of benzene rings is 2. The number of nitrogens with zero attached hydrogens (tertiary/aromatic N) is 2. The number of para-hydroxylation sites is 1. The average molecular weight is 539 g/mol. The second-order valence-corrected chi connectivity index (χ2v) is 13.1. The van der Waals surface area contributed by atoms with Crippen molar-refractivity contribution in [3.8, 4) is 0 Å². The fourth-order valence-electron chi connectivity index (χ4n) is 8.06. The SMILES string of the molecule is COC(=O)[C@@H]1[C@H]2C[C@@H]3N(S(=O)(=O)c4ccc(C)cc4)CC[C@]34c3ccccc3N(C(C)=O)[C@@H]4[C@H]2CO[C@H]1C. The number of methoxy groups -OCH3 is 1. The summed E-state index contributed by atoms with van der Waals surface area (Å²) in [5.74, 6) is -1.31. The Labute approximate surface area is 223 Å². The number of carbonyl (C=O) groups excluding carboxylic acids is 2. The van der Waals surface area contributed by atoms with Crippen LogP contribution in [0.2, 0.25) is 0 Å². The lowest BCUT2D eigenvalue weighted by atomic mass is 9.55. The summed E-state index contributed by atoms with van der Waals surface area (Å²) in [6.45, 7) is 6.12. The quantitative estimate of drug-likeness (QED) is 0.557. The third-order valence-corrected chi connectivity index (χ3v) is 11.5. The number of anilines is 1. The van der Waals surface area contributed by atoms with Gasteiger partial charge in [-0.05, 0) is 56.4 Å². The van der Waals surface area contributed by atoms with Crippen molar-refractivity contribution in [1.82, 2.24) is 4.31 Å². The molecule has 3 fully saturated rings. The normalized spacial score (nSPS) is 34.2. The number of hydrogen-bond acceptors (Lipinski definition) is 6. The molecule has 0 N–H and O–H groups in total. The van der Waals surface area contributed by atoms with Gasteiger partial charge in [-0.25, -0.2) is 8.42 Å². The summed E-state index contributed by atoms with van der Waals surface area (Å²) in [6, 6.07) is 14.1. The van der Waals surface area contributed by atoms with E-state index in [9.17, 15) is 18.0 Å². The highest BCUT2D eigenvalue weighted by Gasteiger charge is 2.69. The summed E-state index contributed by atoms with van der Waals surface area (Å²) in [6.07, 6.45) is 0.727. The zero-order valence-electron chi connectivity index (χ0n) is 22.2. The van der Waals surface area contributed by atoms with Gasteiger partial charge in [0, 0.05) is 36.5 Å². The Morgan fingerprint density at radius 1 is 1.08 bits per heavy atom. The van der Waals surface area contributed by atoms with Crippen LogP contribution in [0.5, 0.6) is 0 Å². The van der Waals surface area contributed by atoms with Crippen LogP contribution in [-0.2, 0) is 34.5 Å². The van der Waals surface area contributed by atoms with Gasteiger partial charge in [0.15, 0.2) is 0 Å². The lowest BCUT2D eigenvalue weighted by molar-refractivity contribution is -0.171. The van der Waals surface area contributed by atoms with Crippen molar-refractivity contribution in [1.29, 1.82) is 0 Å². The summed E-state index contributed by atoms with van der Waals surface area (Å²) < 4.78 is 41.3. The molecule has 1 spiro atoms. The molecule has 9 heteroatoms. The van der Waals surface area contributed by atoms with Crippen LogP contribution in [0.1, 0.15) is 37.8 Å². The van der Waals surface area contributed by atoms with Gasteiger partial charge in [-0.2, -0.15) is 4.31 Å². The molecular formula is C29H34N2O6S. The van der Waals surface area contributed by atoms with Crippen molar-refractivity contribution in [3.05, 3.63) is 59.7 Å². The largest absolute Gasteiger partial charge is 0.469 e. The van der Waals surface area contributed by atoms with Crippen molar-refractivity contribution in [2.75, 3.05) is 25.2 Å². The van der Waals surface area contributed by atoms with Gasteiger partial charge in [-0.15, -0.1) is 0 Å². The lowest BCUT2D eigenvalue weighted by Gasteiger charge is -2.56. The Kier molecular flexibility index (Phi) is 5.97. The second kappa shape index (κ2) is 8.89. The molecule has 7 atom stereocenters. The van der Waals surface area contributed by atoms with Crippen LogP contribution in [0.15, 0.2) is 53.4 Å². The van der Waals surface area contributed by atoms with E-state index >= 15 is 0 Å². The summed E-state index contributed by atoms with van der Waals surface area (Å²) in [5, 5.41) is 0. The molecule has 38 heavy (non-hydrogen) atoms. The Morgan fingerprint density at radius 3 is 2.47 bits per heavy atom. The van der Waals surface area contributed by atoms with E-state index in [4.69, 9.17) is 9.47 Å². The minimum absolute atomic E-state index is 0.0909. The van der Waals surface area contributed by atoms with E-state index in [1.54, 1.807) is 23.4 Å². The van der Waals surface area contributed by atoms with E-state index in [2.05, 4.69) is 0 Å². The summed E-state index contributed by atoms with van der Waals surface area (Å²) in [5.41, 5.74) is 2.24. The van der Waals surface area contributed by atoms with Gasteiger partial charge in [-0.1, -0.05) is 35.9 Å². The van der Waals surface area contributed by atoms with Crippen LogP contribution in [-0.4, -0.2) is 63.0 Å². The maximum absolute atomic E-state index is 14.1. The van der Waals surface area contributed by atoms with E-state index < -0.39 is 27.4 Å². The van der Waals surface area contributed by atoms with Crippen LogP contribution in [0.3, 0.4) is 0 Å². The van der Waals surface area contributed by atoms with Gasteiger partial charge >= 0.3 is 5.97 Å². The molecule has 3 heterocycles. The first-order valence-electron chi connectivity index (χ1n) is 13.3. The molecule has 3 aliphatic heterocycles. The first-order chi connectivity index (χ1) is 18.1. The Hall–Kier alpha value is -2.75. The predicted octanol–water partition coefficient (Wildman–Crippen LogP) is 3.28. The van der Waals surface area contributed by atoms with Crippen LogP contribution in [0.4, 0.5) is 5.69 Å². The van der Waals surface area contributed by atoms with E-state index in [0.717, 1.165) is 16.8 Å². The molecule has 0 aromatic heterocycles. The van der Waals surface area contributed by atoms with Gasteiger partial charge in [0.25, 0.3) is 0 Å². The maximum Gasteiger partial charge on any atom is 0.311 e. The number of rotatable bonds is 3. The van der Waals surface area contributed by atoms with Crippen LogP contribution in [0, 0.1) is 24.7 Å². The molecule has 0 unspecified atom stereocenters. The number of esters is 1. The zero-order valence-corrected chi connectivity index (χ0v) is 23.0. The third-order valence-electron chi connectivity index (χ3n) is 9.57. The van der Waals surface area contributed by atoms with Crippen LogP contribution >= 0.6 is 0 Å². The standard InChI is InChI=1S/C29H34N2O6S/c1-17-9-11-20(12-10-17)38(34,35)30-14-13-29-23-7-5-6-8-24(23)31(19(3)32)27(29)22-16-37-18(2)26(28(33)36-4)21(22)15-25(29)30/h5-12,18,21-22,25-27H,13-16H2,1-4H3/t18-,21-,22-,25-,26-,27+,29-/m0/s1. The number of hydrogen-bond donors (Lipinski definition) is 0. The fraction of sp³-hybridized carbons (Fsp3) is 0.517. The van der Waals surface area contributed by atoms with Gasteiger partial charge < -0.3 is 14.4 Å². The minimum Gasteiger partial charge on any atom is -0.469 e. The van der Waals surface area contributed by atoms with Gasteiger partial charge in [0.2, 0.25) is 15.9 Å². The summed E-state index contributed by atoms with van der Waals surface area (Å²) >= 11 is 0. The molecule has 1 aliphatic carbocycles. The highest BCUT2D eigenvalue weighted by atomic mass is 32.2. The number of amides is 1. The summed E-state index contributed by atoms with van der Waals surface area (Å²) in [4.78, 5) is 28.4. The monoisotopic (exact) mass is 538 g/mol. The topological polar surface area (TPSA) is 93.2 Å².